The van der Waals surface area contributed by atoms with Crippen LogP contribution in [0.15, 0.2) is 41.3 Å². The Balaban J connectivity index is 2.18. The van der Waals surface area contributed by atoms with Crippen LogP contribution in [0.4, 0.5) is 0 Å². The van der Waals surface area contributed by atoms with Gasteiger partial charge in [0, 0.05) is 18.0 Å². The van der Waals surface area contributed by atoms with Gasteiger partial charge in [-0.1, -0.05) is 29.8 Å². The zero-order chi connectivity index (χ0) is 13.9. The molecule has 3 N–H and O–H groups in total. The molecule has 0 bridgehead atoms. The Morgan fingerprint density at radius 3 is 2.58 bits per heavy atom. The van der Waals surface area contributed by atoms with Crippen LogP contribution in [-0.4, -0.2) is 8.42 Å². The molecule has 1 aromatic carbocycles. The first-order chi connectivity index (χ1) is 9.03. The number of nitrogens with one attached hydrogen (secondary N) is 1. The van der Waals surface area contributed by atoms with Gasteiger partial charge in [0.15, 0.2) is 0 Å². The summed E-state index contributed by atoms with van der Waals surface area (Å²) in [4.78, 5) is 1.08. The topological polar surface area (TPSA) is 72.2 Å². The van der Waals surface area contributed by atoms with Crippen LogP contribution in [0, 0.1) is 0 Å². The minimum absolute atomic E-state index is 0.182. The van der Waals surface area contributed by atoms with Crippen molar-refractivity contribution in [2.45, 2.75) is 18.0 Å². The molecule has 0 saturated carbocycles. The molecule has 0 aliphatic carbocycles. The smallest absolute Gasteiger partial charge is 0.241 e. The molecule has 0 radical (unpaired) electrons. The number of thiophene rings is 1. The molecule has 0 aliphatic heterocycles. The van der Waals surface area contributed by atoms with Gasteiger partial charge < -0.3 is 5.73 Å². The maximum atomic E-state index is 12.2. The average Bonchev–Trinajstić information content (AvgIpc) is 2.82. The molecule has 0 spiro atoms. The second-order valence-electron chi connectivity index (χ2n) is 3.84. The summed E-state index contributed by atoms with van der Waals surface area (Å²) >= 11 is 7.15. The van der Waals surface area contributed by atoms with Crippen LogP contribution in [0.2, 0.25) is 4.34 Å². The molecule has 2 rings (SSSR count). The third-order valence-electron chi connectivity index (χ3n) is 2.55. The lowest BCUT2D eigenvalue weighted by molar-refractivity contribution is 0.580. The molecular weight excluding hydrogens is 304 g/mol. The van der Waals surface area contributed by atoms with Crippen LogP contribution in [-0.2, 0) is 23.1 Å². The molecule has 0 fully saturated rings. The van der Waals surface area contributed by atoms with Gasteiger partial charge >= 0.3 is 0 Å². The standard InChI is InChI=1S/C12H13ClN2O2S2/c13-12-6-5-10(18-12)8-15-19(16,17)11-4-2-1-3-9(11)7-14/h1-6,15H,7-8,14H2. The van der Waals surface area contributed by atoms with Gasteiger partial charge in [0.1, 0.15) is 0 Å². The van der Waals surface area contributed by atoms with E-state index in [1.807, 2.05) is 0 Å². The second-order valence-corrected chi connectivity index (χ2v) is 7.38. The van der Waals surface area contributed by atoms with Crippen LogP contribution < -0.4 is 10.5 Å². The summed E-state index contributed by atoms with van der Waals surface area (Å²) in [6.45, 7) is 0.403. The summed E-state index contributed by atoms with van der Waals surface area (Å²) in [5.41, 5.74) is 6.15. The zero-order valence-electron chi connectivity index (χ0n) is 9.97. The van der Waals surface area contributed by atoms with Crippen molar-refractivity contribution in [3.05, 3.63) is 51.2 Å². The Morgan fingerprint density at radius 2 is 1.95 bits per heavy atom. The highest BCUT2D eigenvalue weighted by Gasteiger charge is 2.17. The molecule has 0 unspecified atom stereocenters. The van der Waals surface area contributed by atoms with Crippen molar-refractivity contribution in [3.63, 3.8) is 0 Å². The van der Waals surface area contributed by atoms with Crippen molar-refractivity contribution in [3.8, 4) is 0 Å². The zero-order valence-corrected chi connectivity index (χ0v) is 12.4. The van der Waals surface area contributed by atoms with Gasteiger partial charge in [-0.3, -0.25) is 0 Å². The van der Waals surface area contributed by atoms with Gasteiger partial charge in [-0.15, -0.1) is 11.3 Å². The number of nitrogens with two attached hydrogens (primary N) is 1. The summed E-state index contributed by atoms with van der Waals surface area (Å²) < 4.78 is 27.6. The second kappa shape index (κ2) is 6.02. The molecule has 0 atom stereocenters. The molecule has 0 aliphatic rings. The van der Waals surface area contributed by atoms with Gasteiger partial charge in [0.05, 0.1) is 9.23 Å². The van der Waals surface area contributed by atoms with E-state index >= 15 is 0 Å². The summed E-state index contributed by atoms with van der Waals surface area (Å²) in [7, 11) is -3.56. The minimum atomic E-state index is -3.56. The number of rotatable bonds is 5. The SMILES string of the molecule is NCc1ccccc1S(=O)(=O)NCc1ccc(Cl)s1. The van der Waals surface area contributed by atoms with Crippen molar-refractivity contribution < 1.29 is 8.42 Å². The van der Waals surface area contributed by atoms with E-state index in [9.17, 15) is 8.42 Å². The normalized spacial score (nSPS) is 11.7. The van der Waals surface area contributed by atoms with Gasteiger partial charge in [-0.05, 0) is 23.8 Å². The summed E-state index contributed by atoms with van der Waals surface area (Å²) in [5.74, 6) is 0. The number of hydrogen-bond acceptors (Lipinski definition) is 4. The summed E-state index contributed by atoms with van der Waals surface area (Å²) in [5, 5.41) is 0. The highest BCUT2D eigenvalue weighted by Crippen LogP contribution is 2.22. The van der Waals surface area contributed by atoms with E-state index in [1.54, 1.807) is 36.4 Å². The molecular formula is C12H13ClN2O2S2. The molecule has 19 heavy (non-hydrogen) atoms. The van der Waals surface area contributed by atoms with E-state index in [0.29, 0.717) is 9.90 Å². The Morgan fingerprint density at radius 1 is 1.21 bits per heavy atom. The van der Waals surface area contributed by atoms with Crippen molar-refractivity contribution in [2.24, 2.45) is 5.73 Å². The maximum Gasteiger partial charge on any atom is 0.241 e. The molecule has 1 heterocycles. The van der Waals surface area contributed by atoms with Crippen LogP contribution >= 0.6 is 22.9 Å². The van der Waals surface area contributed by atoms with Crippen LogP contribution in [0.25, 0.3) is 0 Å². The Labute approximate surface area is 121 Å². The molecule has 2 aromatic rings. The van der Waals surface area contributed by atoms with Gasteiger partial charge in [-0.2, -0.15) is 0 Å². The Hall–Kier alpha value is -0.920. The van der Waals surface area contributed by atoms with E-state index in [-0.39, 0.29) is 18.0 Å². The number of hydrogen-bond donors (Lipinski definition) is 2. The fraction of sp³-hybridized carbons (Fsp3) is 0.167. The predicted molar refractivity (Wildman–Crippen MR) is 77.7 cm³/mol. The highest BCUT2D eigenvalue weighted by atomic mass is 35.5. The lowest BCUT2D eigenvalue weighted by atomic mass is 10.2. The van der Waals surface area contributed by atoms with Crippen LogP contribution in [0.5, 0.6) is 0 Å². The van der Waals surface area contributed by atoms with Crippen molar-refractivity contribution in [2.75, 3.05) is 0 Å². The minimum Gasteiger partial charge on any atom is -0.326 e. The lowest BCUT2D eigenvalue weighted by Gasteiger charge is -2.09. The maximum absolute atomic E-state index is 12.2. The fourth-order valence-corrected chi connectivity index (χ4v) is 4.00. The van der Waals surface area contributed by atoms with Gasteiger partial charge in [0.25, 0.3) is 0 Å². The molecule has 7 heteroatoms. The monoisotopic (exact) mass is 316 g/mol. The third kappa shape index (κ3) is 3.55. The van der Waals surface area contributed by atoms with E-state index in [0.717, 1.165) is 4.88 Å². The van der Waals surface area contributed by atoms with Gasteiger partial charge in [-0.25, -0.2) is 13.1 Å². The van der Waals surface area contributed by atoms with Crippen LogP contribution in [0.3, 0.4) is 0 Å². The molecule has 1 aromatic heterocycles. The quantitative estimate of drug-likeness (QED) is 0.889. The highest BCUT2D eigenvalue weighted by molar-refractivity contribution is 7.89. The first kappa shape index (κ1) is 14.5. The largest absolute Gasteiger partial charge is 0.326 e. The summed E-state index contributed by atoms with van der Waals surface area (Å²) in [6.07, 6.45) is 0. The van der Waals surface area contributed by atoms with Crippen molar-refractivity contribution in [1.29, 1.82) is 0 Å². The molecule has 4 nitrogen and oxygen atoms in total. The van der Waals surface area contributed by atoms with Crippen molar-refractivity contribution >= 4 is 33.0 Å². The first-order valence-electron chi connectivity index (χ1n) is 5.55. The molecule has 102 valence electrons. The molecule has 0 amide bonds. The lowest BCUT2D eigenvalue weighted by Crippen LogP contribution is -2.24. The van der Waals surface area contributed by atoms with E-state index < -0.39 is 10.0 Å². The Bertz CT molecular complexity index is 668. The van der Waals surface area contributed by atoms with Crippen LogP contribution in [0.1, 0.15) is 10.4 Å². The average molecular weight is 317 g/mol. The first-order valence-corrected chi connectivity index (χ1v) is 8.22. The number of halogens is 1. The Kier molecular flexibility index (Phi) is 4.59. The van der Waals surface area contributed by atoms with E-state index in [4.69, 9.17) is 17.3 Å². The van der Waals surface area contributed by atoms with E-state index in [1.165, 1.54) is 11.3 Å². The summed E-state index contributed by atoms with van der Waals surface area (Å²) in [6, 6.07) is 10.2. The third-order valence-corrected chi connectivity index (χ3v) is 5.28. The predicted octanol–water partition coefficient (Wildman–Crippen LogP) is 2.34. The number of sulfonamides is 1. The molecule has 0 saturated heterocycles. The number of benzene rings is 1. The fourth-order valence-electron chi connectivity index (χ4n) is 1.63. The van der Waals surface area contributed by atoms with Crippen molar-refractivity contribution in [1.82, 2.24) is 4.72 Å². The van der Waals surface area contributed by atoms with E-state index in [2.05, 4.69) is 4.72 Å². The van der Waals surface area contributed by atoms with Gasteiger partial charge in [0.2, 0.25) is 10.0 Å².